The number of methoxy groups -OCH3 is 1. The number of ether oxygens (including phenoxy) is 1. The second-order valence-electron chi connectivity index (χ2n) is 15.8. The van der Waals surface area contributed by atoms with Crippen molar-refractivity contribution in [1.82, 2.24) is 65.7 Å². The molecule has 0 aliphatic carbocycles. The Bertz CT molecular complexity index is 3510. The first-order valence-corrected chi connectivity index (χ1v) is 27.0. The molecule has 6 N–H and O–H groups in total. The van der Waals surface area contributed by atoms with Crippen molar-refractivity contribution in [3.8, 4) is 49.2 Å². The number of carbonyl (C=O) groups is 5. The number of pyridine rings is 1. The van der Waals surface area contributed by atoms with E-state index < -0.39 is 48.4 Å². The number of aromatic nitrogens is 9. The number of aryl methyl sites for hydroxylation is 1. The third kappa shape index (κ3) is 10.6. The maximum Gasteiger partial charge on any atom is 0.277 e. The number of hydrogen-bond acceptors (Lipinski definition) is 21. The van der Waals surface area contributed by atoms with Gasteiger partial charge >= 0.3 is 0 Å². The van der Waals surface area contributed by atoms with Gasteiger partial charge in [-0.1, -0.05) is 41.7 Å². The smallest absolute Gasteiger partial charge is 0.277 e. The Morgan fingerprint density at radius 2 is 1.55 bits per heavy atom. The van der Waals surface area contributed by atoms with Gasteiger partial charge in [0.25, 0.3) is 17.7 Å². The average Bonchev–Trinajstić information content (AvgIpc) is 4.26. The van der Waals surface area contributed by atoms with E-state index in [0.717, 1.165) is 22.7 Å². The highest BCUT2D eigenvalue weighted by atomic mass is 32.1. The Kier molecular flexibility index (Phi) is 14.4. The first-order valence-electron chi connectivity index (χ1n) is 21.8. The second kappa shape index (κ2) is 21.4. The number of nitrogens with zero attached hydrogens (tertiary/aromatic N) is 9. The maximum atomic E-state index is 14.1. The van der Waals surface area contributed by atoms with Gasteiger partial charge in [0, 0.05) is 58.5 Å². The van der Waals surface area contributed by atoms with Crippen LogP contribution in [-0.4, -0.2) is 99.8 Å². The fourth-order valence-corrected chi connectivity index (χ4v) is 12.6. The highest BCUT2D eigenvalue weighted by Crippen LogP contribution is 2.40. The molecular formula is C46H38N14O7S6. The summed E-state index contributed by atoms with van der Waals surface area (Å²) in [4.78, 5) is 107. The molecule has 0 saturated carbocycles. The Labute approximate surface area is 437 Å². The molecule has 1 aromatic carbocycles. The molecule has 0 unspecified atom stereocenters. The summed E-state index contributed by atoms with van der Waals surface area (Å²) in [6.45, 7) is 1.13. The number of fused-ring (bicyclic) bond motifs is 14. The minimum atomic E-state index is -1.25. The van der Waals surface area contributed by atoms with Crippen LogP contribution in [0, 0.1) is 6.92 Å². The van der Waals surface area contributed by atoms with Crippen LogP contribution in [0.1, 0.15) is 81.4 Å². The predicted molar refractivity (Wildman–Crippen MR) is 277 cm³/mol. The molecule has 21 nitrogen and oxygen atoms in total. The minimum Gasteiger partial charge on any atom is -0.386 e. The number of amides is 5. The maximum absolute atomic E-state index is 14.1. The van der Waals surface area contributed by atoms with Crippen molar-refractivity contribution in [2.75, 3.05) is 26.0 Å². The van der Waals surface area contributed by atoms with Crippen molar-refractivity contribution in [3.63, 3.8) is 0 Å². The fraction of sp³-hybridized carbons (Fsp3) is 0.196. The molecule has 10 bridgehead atoms. The van der Waals surface area contributed by atoms with E-state index in [1.54, 1.807) is 65.2 Å². The Morgan fingerprint density at radius 3 is 2.34 bits per heavy atom. The van der Waals surface area contributed by atoms with Crippen molar-refractivity contribution in [2.45, 2.75) is 38.1 Å². The average molecular weight is 1090 g/mol. The number of nitrogens with one attached hydrogen (secondary N) is 5. The summed E-state index contributed by atoms with van der Waals surface area (Å²) < 4.78 is 7.12. The van der Waals surface area contributed by atoms with Crippen LogP contribution in [0.2, 0.25) is 0 Å². The number of thiazole rings is 6. The summed E-state index contributed by atoms with van der Waals surface area (Å²) in [7, 11) is 2.91. The van der Waals surface area contributed by atoms with Crippen LogP contribution in [-0.2, 0) is 20.9 Å². The van der Waals surface area contributed by atoms with Gasteiger partial charge in [-0.2, -0.15) is 0 Å². The van der Waals surface area contributed by atoms with Gasteiger partial charge in [0.05, 0.1) is 36.2 Å². The summed E-state index contributed by atoms with van der Waals surface area (Å²) >= 11 is 7.25. The molecule has 27 heteroatoms. The number of imidazole rings is 1. The number of aliphatic hydroxyl groups excluding tert-OH is 1. The van der Waals surface area contributed by atoms with Gasteiger partial charge in [-0.3, -0.25) is 33.9 Å². The lowest BCUT2D eigenvalue weighted by Crippen LogP contribution is -2.40. The molecule has 73 heavy (non-hydrogen) atoms. The van der Waals surface area contributed by atoms with Crippen LogP contribution in [0.3, 0.4) is 0 Å². The Morgan fingerprint density at radius 1 is 0.781 bits per heavy atom. The number of rotatable bonds is 8. The van der Waals surface area contributed by atoms with Gasteiger partial charge in [0.15, 0.2) is 5.13 Å². The zero-order valence-electron chi connectivity index (χ0n) is 38.3. The molecule has 8 aromatic heterocycles. The third-order valence-electron chi connectivity index (χ3n) is 11.0. The van der Waals surface area contributed by atoms with Crippen molar-refractivity contribution in [1.29, 1.82) is 0 Å². The number of benzene rings is 1. The van der Waals surface area contributed by atoms with E-state index in [1.807, 2.05) is 29.0 Å². The normalized spacial score (nSPS) is 15.8. The fourth-order valence-electron chi connectivity index (χ4n) is 7.42. The van der Waals surface area contributed by atoms with E-state index >= 15 is 0 Å². The Hall–Kier alpha value is -7.37. The zero-order chi connectivity index (χ0) is 50.8. The molecule has 1 aliphatic rings. The van der Waals surface area contributed by atoms with E-state index in [4.69, 9.17) is 29.7 Å². The van der Waals surface area contributed by atoms with Crippen LogP contribution < -0.4 is 26.6 Å². The van der Waals surface area contributed by atoms with E-state index in [0.29, 0.717) is 69.5 Å². The Balaban J connectivity index is 1.06. The van der Waals surface area contributed by atoms with Gasteiger partial charge < -0.3 is 31.1 Å². The third-order valence-corrected chi connectivity index (χ3v) is 16.5. The van der Waals surface area contributed by atoms with Crippen molar-refractivity contribution >= 4 is 103 Å². The van der Waals surface area contributed by atoms with Crippen LogP contribution in [0.5, 0.6) is 0 Å². The second-order valence-corrected chi connectivity index (χ2v) is 21.6. The standard InChI is InChI=1S/C46H38N14O7S6/c1-21-33-40(66)59-46-58-35(29(73-46)15-67-3)39(65)49-14-32(62)56-36(37(63)22-7-5-4-6-8-22)45-54-28(18-70-45)43-52-26(16-69-43)34-23(9-10-24(50-34)42-55-30(19-71-42)60-12-11-48-20-60)41-53-27(17-68-41)38(64)51-25(13-31(61)47-2)44(57-33)72-21/h4-12,16-20,25,36-37,63H,13-15H2,1-3H3,(H,47,61)(H,49,65)(H,51,64)(H,56,62)(H,58,59,66)/t25-,36-,37-/m0/s1. The summed E-state index contributed by atoms with van der Waals surface area (Å²) in [5, 5.41) is 34.9. The van der Waals surface area contributed by atoms with Crippen LogP contribution >= 0.6 is 68.0 Å². The predicted octanol–water partition coefficient (Wildman–Crippen LogP) is 6.62. The molecule has 9 heterocycles. The molecule has 3 atom stereocenters. The van der Waals surface area contributed by atoms with Gasteiger partial charge in [-0.25, -0.2) is 39.9 Å². The van der Waals surface area contributed by atoms with Gasteiger partial charge in [0.2, 0.25) is 11.8 Å². The monoisotopic (exact) mass is 1090 g/mol. The number of carbonyl (C=O) groups excluding carboxylic acids is 5. The van der Waals surface area contributed by atoms with E-state index in [1.165, 1.54) is 59.5 Å². The van der Waals surface area contributed by atoms with Gasteiger partial charge in [0.1, 0.15) is 83.5 Å². The molecule has 10 rings (SSSR count). The van der Waals surface area contributed by atoms with Crippen LogP contribution in [0.15, 0.2) is 82.7 Å². The molecule has 0 fully saturated rings. The molecule has 0 saturated heterocycles. The largest absolute Gasteiger partial charge is 0.386 e. The van der Waals surface area contributed by atoms with E-state index in [-0.39, 0.29) is 46.2 Å². The first kappa shape index (κ1) is 49.2. The lowest BCUT2D eigenvalue weighted by molar-refractivity contribution is -0.122. The zero-order valence-corrected chi connectivity index (χ0v) is 43.2. The first-order chi connectivity index (χ1) is 35.4. The summed E-state index contributed by atoms with van der Waals surface area (Å²) in [5.74, 6) is -2.32. The number of hydrogen-bond donors (Lipinski definition) is 6. The molecule has 9 aromatic rings. The number of anilines is 1. The van der Waals surface area contributed by atoms with Crippen molar-refractivity contribution in [3.05, 3.63) is 125 Å². The van der Waals surface area contributed by atoms with Gasteiger partial charge in [-0.15, -0.1) is 56.7 Å². The lowest BCUT2D eigenvalue weighted by atomic mass is 10.0. The van der Waals surface area contributed by atoms with Gasteiger partial charge in [-0.05, 0) is 24.6 Å². The molecular weight excluding hydrogens is 1050 g/mol. The quantitative estimate of drug-likeness (QED) is 0.0932. The lowest BCUT2D eigenvalue weighted by Gasteiger charge is -2.23. The minimum absolute atomic E-state index is 0.00962. The summed E-state index contributed by atoms with van der Waals surface area (Å²) in [6.07, 6.45) is 3.66. The molecule has 370 valence electrons. The van der Waals surface area contributed by atoms with Crippen LogP contribution in [0.4, 0.5) is 5.13 Å². The SMILES string of the molecule is CNC(=O)C[C@@H]1NC(=O)c2csc(n2)-c2ccc(-c3nc(-n4ccnc4)cs3)nc2-c2csc(n2)-c2csc(n2)[C@H]([C@@H](O)c2ccccc2)NC(=O)CNC(=O)c2nc(sc2COC)NC(=O)c2nc1sc2C. The highest BCUT2D eigenvalue weighted by molar-refractivity contribution is 7.16. The van der Waals surface area contributed by atoms with E-state index in [2.05, 4.69) is 41.5 Å². The molecule has 1 aliphatic heterocycles. The molecule has 0 radical (unpaired) electrons. The van der Waals surface area contributed by atoms with Crippen LogP contribution in [0.25, 0.3) is 49.2 Å². The molecule has 0 spiro atoms. The summed E-state index contributed by atoms with van der Waals surface area (Å²) in [6, 6.07) is 10.5. The van der Waals surface area contributed by atoms with E-state index in [9.17, 15) is 29.1 Å². The van der Waals surface area contributed by atoms with Crippen molar-refractivity contribution in [2.24, 2.45) is 0 Å². The summed E-state index contributed by atoms with van der Waals surface area (Å²) in [5.41, 5.74) is 3.02. The number of aliphatic hydroxyl groups is 1. The topological polar surface area (TPSA) is 283 Å². The molecule has 5 amide bonds. The van der Waals surface area contributed by atoms with Crippen molar-refractivity contribution < 1.29 is 33.8 Å². The highest BCUT2D eigenvalue weighted by Gasteiger charge is 2.31.